The summed E-state index contributed by atoms with van der Waals surface area (Å²) >= 11 is 0. The van der Waals surface area contributed by atoms with Crippen LogP contribution in [-0.2, 0) is 4.79 Å². The second kappa shape index (κ2) is 2.65. The van der Waals surface area contributed by atoms with Crippen molar-refractivity contribution >= 4 is 17.4 Å². The molecule has 0 saturated heterocycles. The number of aromatic nitrogens is 2. The lowest BCUT2D eigenvalue weighted by molar-refractivity contribution is -0.120. The average molecular weight is 162 g/mol. The van der Waals surface area contributed by atoms with E-state index in [1.165, 1.54) is 6.20 Å². The molecule has 0 unspecified atom stereocenters. The van der Waals surface area contributed by atoms with Crippen molar-refractivity contribution in [3.8, 4) is 5.75 Å². The molecule has 0 fully saturated rings. The summed E-state index contributed by atoms with van der Waals surface area (Å²) in [4.78, 5) is 16.9. The van der Waals surface area contributed by atoms with Gasteiger partial charge in [0.05, 0.1) is 11.7 Å². The standard InChI is InChI=1S/C8H6N2O2/c11-5-12-7-4-9-3-6-1-2-10-8(6)7/h1-5,10H. The van der Waals surface area contributed by atoms with Gasteiger partial charge in [-0.1, -0.05) is 0 Å². The van der Waals surface area contributed by atoms with Crippen LogP contribution in [0.5, 0.6) is 5.75 Å². The van der Waals surface area contributed by atoms with Gasteiger partial charge < -0.3 is 9.72 Å². The molecule has 0 bridgehead atoms. The Morgan fingerprint density at radius 2 is 2.42 bits per heavy atom. The SMILES string of the molecule is O=COc1cncc2cc[nH]c12. The van der Waals surface area contributed by atoms with Gasteiger partial charge in [0.2, 0.25) is 0 Å². The normalized spacial score (nSPS) is 10.0. The molecule has 4 nitrogen and oxygen atoms in total. The summed E-state index contributed by atoms with van der Waals surface area (Å²) in [5.74, 6) is 0.451. The minimum atomic E-state index is 0.386. The Bertz CT molecular complexity index is 408. The third-order valence-electron chi connectivity index (χ3n) is 1.61. The van der Waals surface area contributed by atoms with E-state index in [0.717, 1.165) is 10.9 Å². The van der Waals surface area contributed by atoms with Crippen LogP contribution >= 0.6 is 0 Å². The number of carbonyl (C=O) groups is 1. The Labute approximate surface area is 68.2 Å². The smallest absolute Gasteiger partial charge is 0.298 e. The number of hydrogen-bond donors (Lipinski definition) is 1. The maximum absolute atomic E-state index is 10.1. The predicted octanol–water partition coefficient (Wildman–Crippen LogP) is 1.10. The van der Waals surface area contributed by atoms with Crippen LogP contribution in [0.2, 0.25) is 0 Å². The monoisotopic (exact) mass is 162 g/mol. The third-order valence-corrected chi connectivity index (χ3v) is 1.61. The number of fused-ring (bicyclic) bond motifs is 1. The number of H-pyrrole nitrogens is 1. The number of ether oxygens (including phenoxy) is 1. The van der Waals surface area contributed by atoms with E-state index in [1.807, 2.05) is 6.07 Å². The minimum absolute atomic E-state index is 0.386. The molecule has 0 spiro atoms. The molecule has 2 aromatic rings. The highest BCUT2D eigenvalue weighted by Gasteiger charge is 2.01. The van der Waals surface area contributed by atoms with E-state index in [9.17, 15) is 4.79 Å². The zero-order valence-corrected chi connectivity index (χ0v) is 6.15. The highest BCUT2D eigenvalue weighted by molar-refractivity contribution is 5.84. The molecule has 0 saturated carbocycles. The lowest BCUT2D eigenvalue weighted by atomic mass is 10.3. The molecule has 2 rings (SSSR count). The molecule has 0 aliphatic carbocycles. The zero-order valence-electron chi connectivity index (χ0n) is 6.15. The molecular weight excluding hydrogens is 156 g/mol. The largest absolute Gasteiger partial charge is 0.425 e. The summed E-state index contributed by atoms with van der Waals surface area (Å²) in [6.07, 6.45) is 4.96. The van der Waals surface area contributed by atoms with Gasteiger partial charge in [0, 0.05) is 17.8 Å². The highest BCUT2D eigenvalue weighted by atomic mass is 16.5. The minimum Gasteiger partial charge on any atom is -0.425 e. The zero-order chi connectivity index (χ0) is 8.39. The molecule has 2 aromatic heterocycles. The molecule has 0 atom stereocenters. The van der Waals surface area contributed by atoms with Crippen molar-refractivity contribution in [2.24, 2.45) is 0 Å². The molecule has 2 heterocycles. The molecule has 0 aliphatic heterocycles. The van der Waals surface area contributed by atoms with Crippen molar-refractivity contribution in [1.82, 2.24) is 9.97 Å². The second-order valence-electron chi connectivity index (χ2n) is 2.29. The van der Waals surface area contributed by atoms with Gasteiger partial charge in [0.25, 0.3) is 6.47 Å². The highest BCUT2D eigenvalue weighted by Crippen LogP contribution is 2.21. The number of nitrogens with zero attached hydrogens (tertiary/aromatic N) is 1. The van der Waals surface area contributed by atoms with Crippen LogP contribution in [0.1, 0.15) is 0 Å². The van der Waals surface area contributed by atoms with E-state index in [2.05, 4.69) is 9.97 Å². The molecule has 12 heavy (non-hydrogen) atoms. The van der Waals surface area contributed by atoms with E-state index in [-0.39, 0.29) is 0 Å². The molecule has 60 valence electrons. The molecule has 4 heteroatoms. The van der Waals surface area contributed by atoms with Gasteiger partial charge in [0.1, 0.15) is 0 Å². The number of pyridine rings is 1. The average Bonchev–Trinajstić information content (AvgIpc) is 2.53. The number of hydrogen-bond acceptors (Lipinski definition) is 3. The molecule has 1 N–H and O–H groups in total. The Morgan fingerprint density at radius 1 is 1.50 bits per heavy atom. The first kappa shape index (κ1) is 6.84. The van der Waals surface area contributed by atoms with Gasteiger partial charge in [-0.15, -0.1) is 0 Å². The van der Waals surface area contributed by atoms with E-state index in [0.29, 0.717) is 12.2 Å². The van der Waals surface area contributed by atoms with E-state index >= 15 is 0 Å². The first-order valence-corrected chi connectivity index (χ1v) is 3.43. The summed E-state index contributed by atoms with van der Waals surface area (Å²) in [6, 6.07) is 1.86. The van der Waals surface area contributed by atoms with Gasteiger partial charge in [0.15, 0.2) is 5.75 Å². The lowest BCUT2D eigenvalue weighted by Gasteiger charge is -1.97. The van der Waals surface area contributed by atoms with Crippen LogP contribution in [0.3, 0.4) is 0 Å². The topological polar surface area (TPSA) is 55.0 Å². The maximum atomic E-state index is 10.1. The van der Waals surface area contributed by atoms with Crippen molar-refractivity contribution in [1.29, 1.82) is 0 Å². The van der Waals surface area contributed by atoms with Crippen LogP contribution in [0, 0.1) is 0 Å². The van der Waals surface area contributed by atoms with Crippen LogP contribution in [0.4, 0.5) is 0 Å². The molecular formula is C8H6N2O2. The van der Waals surface area contributed by atoms with Crippen LogP contribution in [-0.4, -0.2) is 16.4 Å². The van der Waals surface area contributed by atoms with E-state index in [1.54, 1.807) is 12.4 Å². The van der Waals surface area contributed by atoms with Gasteiger partial charge in [-0.05, 0) is 6.07 Å². The first-order valence-electron chi connectivity index (χ1n) is 3.43. The summed E-state index contributed by atoms with van der Waals surface area (Å²) in [7, 11) is 0. The molecule has 0 aliphatic rings. The Hall–Kier alpha value is -1.84. The van der Waals surface area contributed by atoms with Crippen molar-refractivity contribution in [2.45, 2.75) is 0 Å². The Morgan fingerprint density at radius 3 is 3.25 bits per heavy atom. The van der Waals surface area contributed by atoms with Gasteiger partial charge >= 0.3 is 0 Å². The quantitative estimate of drug-likeness (QED) is 0.672. The summed E-state index contributed by atoms with van der Waals surface area (Å²) in [5.41, 5.74) is 0.789. The van der Waals surface area contributed by atoms with Crippen molar-refractivity contribution < 1.29 is 9.53 Å². The molecule has 0 aromatic carbocycles. The number of aromatic amines is 1. The van der Waals surface area contributed by atoms with Crippen molar-refractivity contribution in [3.05, 3.63) is 24.7 Å². The lowest BCUT2D eigenvalue weighted by Crippen LogP contribution is -1.90. The van der Waals surface area contributed by atoms with Crippen LogP contribution < -0.4 is 4.74 Å². The van der Waals surface area contributed by atoms with Crippen molar-refractivity contribution in [3.63, 3.8) is 0 Å². The van der Waals surface area contributed by atoms with Gasteiger partial charge in [-0.3, -0.25) is 9.78 Å². The number of nitrogens with one attached hydrogen (secondary N) is 1. The van der Waals surface area contributed by atoms with Crippen molar-refractivity contribution in [2.75, 3.05) is 0 Å². The van der Waals surface area contributed by atoms with Crippen LogP contribution in [0.25, 0.3) is 10.9 Å². The summed E-state index contributed by atoms with van der Waals surface area (Å²) in [5, 5.41) is 0.925. The third kappa shape index (κ3) is 0.934. The van der Waals surface area contributed by atoms with Gasteiger partial charge in [-0.25, -0.2) is 0 Å². The van der Waals surface area contributed by atoms with E-state index in [4.69, 9.17) is 4.74 Å². The Balaban J connectivity index is 2.65. The molecule has 0 radical (unpaired) electrons. The fourth-order valence-corrected chi connectivity index (χ4v) is 1.09. The first-order chi connectivity index (χ1) is 5.92. The van der Waals surface area contributed by atoms with Crippen LogP contribution in [0.15, 0.2) is 24.7 Å². The number of rotatable bonds is 2. The second-order valence-corrected chi connectivity index (χ2v) is 2.29. The molecule has 0 amide bonds. The fraction of sp³-hybridized carbons (Fsp3) is 0. The fourth-order valence-electron chi connectivity index (χ4n) is 1.09. The number of carbonyl (C=O) groups excluding carboxylic acids is 1. The summed E-state index contributed by atoms with van der Waals surface area (Å²) < 4.78 is 4.70. The Kier molecular flexibility index (Phi) is 1.51. The summed E-state index contributed by atoms with van der Waals surface area (Å²) in [6.45, 7) is 0.386. The maximum Gasteiger partial charge on any atom is 0.298 e. The van der Waals surface area contributed by atoms with E-state index < -0.39 is 0 Å². The van der Waals surface area contributed by atoms with Gasteiger partial charge in [-0.2, -0.15) is 0 Å². The predicted molar refractivity (Wildman–Crippen MR) is 42.8 cm³/mol.